The van der Waals surface area contributed by atoms with Crippen molar-refractivity contribution in [2.45, 2.75) is 11.3 Å². The Bertz CT molecular complexity index is 250. The molecule has 0 spiro atoms. The summed E-state index contributed by atoms with van der Waals surface area (Å²) in [5.41, 5.74) is 1.07. The molecule has 0 bridgehead atoms. The minimum Gasteiger partial charge on any atom is -0.396 e. The molecule has 1 rings (SSSR count). The summed E-state index contributed by atoms with van der Waals surface area (Å²) in [6.45, 7) is 0.171. The van der Waals surface area contributed by atoms with Crippen molar-refractivity contribution in [1.29, 1.82) is 0 Å². The van der Waals surface area contributed by atoms with Crippen molar-refractivity contribution in [3.05, 3.63) is 28.2 Å². The van der Waals surface area contributed by atoms with Crippen molar-refractivity contribution in [2.75, 3.05) is 6.61 Å². The van der Waals surface area contributed by atoms with Crippen LogP contribution in [0.4, 0.5) is 0 Å². The SMILES string of the molecule is OCCc1cc(Br)ccc1S. The first-order valence-electron chi connectivity index (χ1n) is 3.32. The smallest absolute Gasteiger partial charge is 0.0471 e. The van der Waals surface area contributed by atoms with Gasteiger partial charge in [0.2, 0.25) is 0 Å². The maximum atomic E-state index is 8.69. The first-order chi connectivity index (χ1) is 5.24. The molecule has 60 valence electrons. The third-order valence-corrected chi connectivity index (χ3v) is 2.35. The maximum absolute atomic E-state index is 8.69. The van der Waals surface area contributed by atoms with Gasteiger partial charge in [0.25, 0.3) is 0 Å². The van der Waals surface area contributed by atoms with Gasteiger partial charge in [-0.25, -0.2) is 0 Å². The second kappa shape index (κ2) is 4.14. The van der Waals surface area contributed by atoms with Crippen LogP contribution < -0.4 is 0 Å². The topological polar surface area (TPSA) is 20.2 Å². The molecule has 1 nitrogen and oxygen atoms in total. The lowest BCUT2D eigenvalue weighted by Crippen LogP contribution is -1.91. The van der Waals surface area contributed by atoms with Gasteiger partial charge in [0.15, 0.2) is 0 Å². The van der Waals surface area contributed by atoms with E-state index in [0.29, 0.717) is 6.42 Å². The predicted octanol–water partition coefficient (Wildman–Crippen LogP) is 2.27. The molecule has 0 saturated heterocycles. The summed E-state index contributed by atoms with van der Waals surface area (Å²) in [5.74, 6) is 0. The first kappa shape index (κ1) is 9.10. The van der Waals surface area contributed by atoms with Gasteiger partial charge in [-0.3, -0.25) is 0 Å². The highest BCUT2D eigenvalue weighted by molar-refractivity contribution is 9.10. The number of rotatable bonds is 2. The molecule has 0 amide bonds. The van der Waals surface area contributed by atoms with Crippen molar-refractivity contribution >= 4 is 28.6 Å². The van der Waals surface area contributed by atoms with Crippen molar-refractivity contribution in [3.63, 3.8) is 0 Å². The summed E-state index contributed by atoms with van der Waals surface area (Å²) in [6.07, 6.45) is 0.665. The van der Waals surface area contributed by atoms with E-state index in [9.17, 15) is 0 Å². The van der Waals surface area contributed by atoms with Gasteiger partial charge >= 0.3 is 0 Å². The van der Waals surface area contributed by atoms with E-state index in [0.717, 1.165) is 14.9 Å². The lowest BCUT2D eigenvalue weighted by atomic mass is 10.2. The van der Waals surface area contributed by atoms with Crippen LogP contribution in [-0.2, 0) is 6.42 Å². The number of hydrogen-bond acceptors (Lipinski definition) is 2. The number of hydrogen-bond donors (Lipinski definition) is 2. The molecule has 0 atom stereocenters. The first-order valence-corrected chi connectivity index (χ1v) is 4.56. The number of aliphatic hydroxyl groups excluding tert-OH is 1. The minimum absolute atomic E-state index is 0.171. The highest BCUT2D eigenvalue weighted by atomic mass is 79.9. The van der Waals surface area contributed by atoms with Crippen LogP contribution >= 0.6 is 28.6 Å². The molecule has 0 saturated carbocycles. The van der Waals surface area contributed by atoms with Gasteiger partial charge in [-0.1, -0.05) is 15.9 Å². The normalized spacial score (nSPS) is 10.1. The molecule has 0 aromatic heterocycles. The zero-order chi connectivity index (χ0) is 8.27. The molecule has 1 aromatic carbocycles. The second-order valence-corrected chi connectivity index (χ2v) is 3.64. The molecule has 1 N–H and O–H groups in total. The fourth-order valence-corrected chi connectivity index (χ4v) is 1.53. The van der Waals surface area contributed by atoms with Gasteiger partial charge in [-0.2, -0.15) is 0 Å². The van der Waals surface area contributed by atoms with Crippen LogP contribution in [0, 0.1) is 0 Å². The molecule has 3 heteroatoms. The molecule has 1 aromatic rings. The third kappa shape index (κ3) is 2.51. The van der Waals surface area contributed by atoms with Crippen molar-refractivity contribution in [1.82, 2.24) is 0 Å². The van der Waals surface area contributed by atoms with Crippen LogP contribution in [0.1, 0.15) is 5.56 Å². The monoisotopic (exact) mass is 232 g/mol. The lowest BCUT2D eigenvalue weighted by Gasteiger charge is -2.02. The van der Waals surface area contributed by atoms with Crippen LogP contribution in [0.5, 0.6) is 0 Å². The number of halogens is 1. The Labute approximate surface area is 80.0 Å². The van der Waals surface area contributed by atoms with Gasteiger partial charge in [0.1, 0.15) is 0 Å². The molecule has 0 radical (unpaired) electrons. The second-order valence-electron chi connectivity index (χ2n) is 2.25. The van der Waals surface area contributed by atoms with E-state index in [1.165, 1.54) is 0 Å². The van der Waals surface area contributed by atoms with Gasteiger partial charge in [-0.15, -0.1) is 12.6 Å². The maximum Gasteiger partial charge on any atom is 0.0471 e. The van der Waals surface area contributed by atoms with E-state index in [2.05, 4.69) is 28.6 Å². The summed E-state index contributed by atoms with van der Waals surface area (Å²) in [5, 5.41) is 8.69. The molecule has 11 heavy (non-hydrogen) atoms. The molecule has 0 heterocycles. The zero-order valence-electron chi connectivity index (χ0n) is 5.92. The summed E-state index contributed by atoms with van der Waals surface area (Å²) >= 11 is 7.60. The van der Waals surface area contributed by atoms with Crippen LogP contribution in [0.3, 0.4) is 0 Å². The highest BCUT2D eigenvalue weighted by Gasteiger charge is 1.97. The van der Waals surface area contributed by atoms with Crippen LogP contribution in [-0.4, -0.2) is 11.7 Å². The van der Waals surface area contributed by atoms with Gasteiger partial charge in [0, 0.05) is 16.0 Å². The Hall–Kier alpha value is 0.01000. The predicted molar refractivity (Wildman–Crippen MR) is 52.2 cm³/mol. The molecular formula is C8H9BrOS. The summed E-state index contributed by atoms with van der Waals surface area (Å²) in [6, 6.07) is 5.82. The van der Waals surface area contributed by atoms with E-state index in [1.54, 1.807) is 0 Å². The van der Waals surface area contributed by atoms with Crippen molar-refractivity contribution in [2.24, 2.45) is 0 Å². The molecule has 0 aliphatic carbocycles. The van der Waals surface area contributed by atoms with Crippen LogP contribution in [0.2, 0.25) is 0 Å². The number of thiol groups is 1. The quantitative estimate of drug-likeness (QED) is 0.751. The highest BCUT2D eigenvalue weighted by Crippen LogP contribution is 2.19. The summed E-state index contributed by atoms with van der Waals surface area (Å²) in [4.78, 5) is 0.933. The molecule has 0 aliphatic heterocycles. The van der Waals surface area contributed by atoms with Gasteiger partial charge in [-0.05, 0) is 30.2 Å². The average Bonchev–Trinajstić information content (AvgIpc) is 1.98. The Morgan fingerprint density at radius 1 is 1.45 bits per heavy atom. The summed E-state index contributed by atoms with van der Waals surface area (Å²) in [7, 11) is 0. The summed E-state index contributed by atoms with van der Waals surface area (Å²) < 4.78 is 1.03. The van der Waals surface area contributed by atoms with Gasteiger partial charge in [0.05, 0.1) is 0 Å². The fraction of sp³-hybridized carbons (Fsp3) is 0.250. The lowest BCUT2D eigenvalue weighted by molar-refractivity contribution is 0.299. The zero-order valence-corrected chi connectivity index (χ0v) is 8.40. The Morgan fingerprint density at radius 2 is 2.18 bits per heavy atom. The molecular weight excluding hydrogens is 224 g/mol. The van der Waals surface area contributed by atoms with E-state index in [1.807, 2.05) is 18.2 Å². The molecule has 0 fully saturated rings. The van der Waals surface area contributed by atoms with Crippen LogP contribution in [0.15, 0.2) is 27.6 Å². The van der Waals surface area contributed by atoms with Crippen LogP contribution in [0.25, 0.3) is 0 Å². The largest absolute Gasteiger partial charge is 0.396 e. The Morgan fingerprint density at radius 3 is 2.82 bits per heavy atom. The fourth-order valence-electron chi connectivity index (χ4n) is 0.875. The minimum atomic E-state index is 0.171. The number of aliphatic hydroxyl groups is 1. The van der Waals surface area contributed by atoms with Crippen molar-refractivity contribution < 1.29 is 5.11 Å². The van der Waals surface area contributed by atoms with Crippen molar-refractivity contribution in [3.8, 4) is 0 Å². The standard InChI is InChI=1S/C8H9BrOS/c9-7-1-2-8(11)6(5-7)3-4-10/h1-2,5,10-11H,3-4H2. The van der Waals surface area contributed by atoms with Gasteiger partial charge < -0.3 is 5.11 Å². The molecule has 0 unspecified atom stereocenters. The number of benzene rings is 1. The van der Waals surface area contributed by atoms with E-state index < -0.39 is 0 Å². The van der Waals surface area contributed by atoms with E-state index in [4.69, 9.17) is 5.11 Å². The Kier molecular flexibility index (Phi) is 3.43. The molecule has 0 aliphatic rings. The third-order valence-electron chi connectivity index (χ3n) is 1.42. The van der Waals surface area contributed by atoms with E-state index in [-0.39, 0.29) is 6.61 Å². The average molecular weight is 233 g/mol. The Balaban J connectivity index is 2.93. The van der Waals surface area contributed by atoms with E-state index >= 15 is 0 Å².